The summed E-state index contributed by atoms with van der Waals surface area (Å²) in [5.41, 5.74) is 0.762. The first-order chi connectivity index (χ1) is 11.8. The van der Waals surface area contributed by atoms with Crippen LogP contribution in [0.1, 0.15) is 40.5 Å². The summed E-state index contributed by atoms with van der Waals surface area (Å²) in [7, 11) is 0. The fraction of sp³-hybridized carbons (Fsp3) is 0.222. The number of hydrogen-bond acceptors (Lipinski definition) is 2. The molecular formula is C18H13F3N2O2. The lowest BCUT2D eigenvalue weighted by atomic mass is 10.1. The van der Waals surface area contributed by atoms with Crippen LogP contribution in [0.2, 0.25) is 0 Å². The van der Waals surface area contributed by atoms with E-state index in [-0.39, 0.29) is 17.0 Å². The van der Waals surface area contributed by atoms with Gasteiger partial charge in [-0.1, -0.05) is 6.07 Å². The molecule has 0 spiro atoms. The summed E-state index contributed by atoms with van der Waals surface area (Å²) in [6, 6.07) is 9.79. The third-order valence-electron chi connectivity index (χ3n) is 4.30. The van der Waals surface area contributed by atoms with E-state index in [9.17, 15) is 23.1 Å². The molecule has 3 aromatic rings. The zero-order valence-electron chi connectivity index (χ0n) is 12.9. The van der Waals surface area contributed by atoms with E-state index in [0.29, 0.717) is 17.0 Å². The quantitative estimate of drug-likeness (QED) is 0.753. The van der Waals surface area contributed by atoms with Crippen LogP contribution in [0.25, 0.3) is 16.7 Å². The molecule has 1 aliphatic rings. The lowest BCUT2D eigenvalue weighted by Gasteiger charge is -2.10. The van der Waals surface area contributed by atoms with Crippen LogP contribution in [-0.2, 0) is 6.18 Å². The molecule has 0 bridgehead atoms. The number of aromatic carboxylic acids is 1. The normalized spacial score (nSPS) is 14.8. The molecule has 4 rings (SSSR count). The Bertz CT molecular complexity index is 988. The van der Waals surface area contributed by atoms with Gasteiger partial charge < -0.3 is 5.11 Å². The number of halogens is 3. The monoisotopic (exact) mass is 346 g/mol. The predicted molar refractivity (Wildman–Crippen MR) is 85.0 cm³/mol. The summed E-state index contributed by atoms with van der Waals surface area (Å²) in [6.07, 6.45) is -2.58. The van der Waals surface area contributed by atoms with Crippen molar-refractivity contribution < 1.29 is 23.1 Å². The van der Waals surface area contributed by atoms with Gasteiger partial charge in [0.2, 0.25) is 0 Å². The van der Waals surface area contributed by atoms with Crippen LogP contribution < -0.4 is 0 Å². The first kappa shape index (κ1) is 15.7. The minimum atomic E-state index is -4.43. The fourth-order valence-electron chi connectivity index (χ4n) is 2.94. The van der Waals surface area contributed by atoms with E-state index < -0.39 is 17.7 Å². The average Bonchev–Trinajstić information content (AvgIpc) is 3.34. The van der Waals surface area contributed by atoms with Crippen LogP contribution in [0, 0.1) is 0 Å². The van der Waals surface area contributed by atoms with Crippen LogP contribution >= 0.6 is 0 Å². The Balaban J connectivity index is 1.94. The highest BCUT2D eigenvalue weighted by atomic mass is 19.4. The predicted octanol–water partition coefficient (Wildman–Crippen LogP) is 4.62. The van der Waals surface area contributed by atoms with E-state index in [4.69, 9.17) is 0 Å². The molecule has 1 saturated carbocycles. The molecule has 0 radical (unpaired) electrons. The molecule has 1 aromatic heterocycles. The van der Waals surface area contributed by atoms with E-state index in [1.54, 1.807) is 16.7 Å². The zero-order valence-corrected chi connectivity index (χ0v) is 12.9. The van der Waals surface area contributed by atoms with Crippen molar-refractivity contribution in [2.75, 3.05) is 0 Å². The maximum absolute atomic E-state index is 13.0. The molecule has 2 aromatic carbocycles. The summed E-state index contributed by atoms with van der Waals surface area (Å²) in [4.78, 5) is 15.6. The van der Waals surface area contributed by atoms with Crippen molar-refractivity contribution in [2.24, 2.45) is 0 Å². The molecule has 0 amide bonds. The van der Waals surface area contributed by atoms with Gasteiger partial charge in [0.05, 0.1) is 22.2 Å². The number of rotatable bonds is 3. The van der Waals surface area contributed by atoms with E-state index in [2.05, 4.69) is 4.98 Å². The van der Waals surface area contributed by atoms with Gasteiger partial charge in [0.25, 0.3) is 0 Å². The van der Waals surface area contributed by atoms with Crippen LogP contribution in [0.3, 0.4) is 0 Å². The Morgan fingerprint density at radius 1 is 1.16 bits per heavy atom. The topological polar surface area (TPSA) is 55.1 Å². The Kier molecular flexibility index (Phi) is 3.35. The van der Waals surface area contributed by atoms with Crippen LogP contribution in [-0.4, -0.2) is 20.6 Å². The van der Waals surface area contributed by atoms with Gasteiger partial charge in [-0.2, -0.15) is 13.2 Å². The third kappa shape index (κ3) is 2.75. The lowest BCUT2D eigenvalue weighted by molar-refractivity contribution is -0.137. The molecule has 0 atom stereocenters. The summed E-state index contributed by atoms with van der Waals surface area (Å²) in [6.45, 7) is 0. The molecule has 0 unspecified atom stereocenters. The van der Waals surface area contributed by atoms with Crippen LogP contribution in [0.4, 0.5) is 13.2 Å². The van der Waals surface area contributed by atoms with Crippen LogP contribution in [0.15, 0.2) is 42.5 Å². The second kappa shape index (κ2) is 5.34. The highest BCUT2D eigenvalue weighted by Gasteiger charge is 2.33. The largest absolute Gasteiger partial charge is 0.478 e. The first-order valence-electron chi connectivity index (χ1n) is 7.78. The average molecular weight is 346 g/mol. The Labute approximate surface area is 140 Å². The molecule has 1 fully saturated rings. The zero-order chi connectivity index (χ0) is 17.8. The molecule has 128 valence electrons. The number of aromatic nitrogens is 2. The van der Waals surface area contributed by atoms with Gasteiger partial charge in [-0.15, -0.1) is 0 Å². The first-order valence-corrected chi connectivity index (χ1v) is 7.78. The maximum Gasteiger partial charge on any atom is 0.416 e. The molecule has 1 heterocycles. The lowest BCUT2D eigenvalue weighted by Crippen LogP contribution is -2.05. The fourth-order valence-corrected chi connectivity index (χ4v) is 2.94. The second-order valence-corrected chi connectivity index (χ2v) is 6.14. The summed E-state index contributed by atoms with van der Waals surface area (Å²) in [5, 5.41) is 9.19. The number of imidazole rings is 1. The number of carboxylic acid groups (broad SMARTS) is 1. The molecule has 4 nitrogen and oxygen atoms in total. The molecule has 7 heteroatoms. The van der Waals surface area contributed by atoms with E-state index in [1.165, 1.54) is 18.2 Å². The van der Waals surface area contributed by atoms with E-state index in [0.717, 1.165) is 25.0 Å². The molecule has 1 N–H and O–H groups in total. The summed E-state index contributed by atoms with van der Waals surface area (Å²) in [5.74, 6) is -0.189. The van der Waals surface area contributed by atoms with Crippen LogP contribution in [0.5, 0.6) is 0 Å². The van der Waals surface area contributed by atoms with Crippen molar-refractivity contribution in [1.29, 1.82) is 0 Å². The Morgan fingerprint density at radius 2 is 1.92 bits per heavy atom. The van der Waals surface area contributed by atoms with Crippen molar-refractivity contribution in [2.45, 2.75) is 24.9 Å². The van der Waals surface area contributed by atoms with Gasteiger partial charge in [-0.05, 0) is 49.2 Å². The van der Waals surface area contributed by atoms with Gasteiger partial charge in [0.1, 0.15) is 5.82 Å². The van der Waals surface area contributed by atoms with Gasteiger partial charge in [0, 0.05) is 11.6 Å². The molecule has 25 heavy (non-hydrogen) atoms. The SMILES string of the molecule is O=C(O)c1cccc(-n2c(C3CC3)nc3cc(C(F)(F)F)ccc32)c1. The Hall–Kier alpha value is -2.83. The van der Waals surface area contributed by atoms with Crippen molar-refractivity contribution in [3.05, 3.63) is 59.4 Å². The second-order valence-electron chi connectivity index (χ2n) is 6.14. The smallest absolute Gasteiger partial charge is 0.416 e. The third-order valence-corrected chi connectivity index (χ3v) is 4.30. The number of nitrogens with zero attached hydrogens (tertiary/aromatic N) is 2. The molecule has 0 aliphatic heterocycles. The summed E-state index contributed by atoms with van der Waals surface area (Å²) < 4.78 is 40.6. The highest BCUT2D eigenvalue weighted by Crippen LogP contribution is 2.42. The highest BCUT2D eigenvalue weighted by molar-refractivity contribution is 5.88. The number of hydrogen-bond donors (Lipinski definition) is 1. The van der Waals surface area contributed by atoms with E-state index >= 15 is 0 Å². The number of benzene rings is 2. The molecular weight excluding hydrogens is 333 g/mol. The van der Waals surface area contributed by atoms with E-state index in [1.807, 2.05) is 0 Å². The van der Waals surface area contributed by atoms with Crippen molar-refractivity contribution in [3.8, 4) is 5.69 Å². The number of carbonyl (C=O) groups is 1. The van der Waals surface area contributed by atoms with Crippen molar-refractivity contribution in [3.63, 3.8) is 0 Å². The maximum atomic E-state index is 13.0. The standard InChI is InChI=1S/C18H13F3N2O2/c19-18(20,21)12-6-7-15-14(9-12)22-16(10-4-5-10)23(15)13-3-1-2-11(8-13)17(24)25/h1-3,6-10H,4-5H2,(H,24,25). The number of fused-ring (bicyclic) bond motifs is 1. The van der Waals surface area contributed by atoms with Crippen molar-refractivity contribution in [1.82, 2.24) is 9.55 Å². The van der Waals surface area contributed by atoms with Gasteiger partial charge in [-0.3, -0.25) is 4.57 Å². The Morgan fingerprint density at radius 3 is 2.56 bits per heavy atom. The summed E-state index contributed by atoms with van der Waals surface area (Å²) >= 11 is 0. The van der Waals surface area contributed by atoms with Gasteiger partial charge >= 0.3 is 12.1 Å². The molecule has 0 saturated heterocycles. The number of carboxylic acids is 1. The van der Waals surface area contributed by atoms with Gasteiger partial charge in [-0.25, -0.2) is 9.78 Å². The molecule has 1 aliphatic carbocycles. The van der Waals surface area contributed by atoms with Crippen molar-refractivity contribution >= 4 is 17.0 Å². The number of alkyl halides is 3. The minimum absolute atomic E-state index is 0.119. The van der Waals surface area contributed by atoms with Gasteiger partial charge in [0.15, 0.2) is 0 Å². The minimum Gasteiger partial charge on any atom is -0.478 e.